The molecule has 9 nitrogen and oxygen atoms in total. The minimum absolute atomic E-state index is 0.104. The second kappa shape index (κ2) is 10.1. The zero-order valence-corrected chi connectivity index (χ0v) is 20.9. The van der Waals surface area contributed by atoms with Gasteiger partial charge in [0.2, 0.25) is 0 Å². The van der Waals surface area contributed by atoms with E-state index in [1.54, 1.807) is 31.2 Å². The van der Waals surface area contributed by atoms with Crippen LogP contribution in [0.3, 0.4) is 0 Å². The summed E-state index contributed by atoms with van der Waals surface area (Å²) in [6.45, 7) is 1.66. The fourth-order valence-corrected chi connectivity index (χ4v) is 4.75. The summed E-state index contributed by atoms with van der Waals surface area (Å²) in [4.78, 5) is 42.0. The number of imide groups is 1. The maximum Gasteiger partial charge on any atom is 0.501 e. The molecule has 2 aromatic carbocycles. The van der Waals surface area contributed by atoms with Gasteiger partial charge in [0, 0.05) is 22.7 Å². The van der Waals surface area contributed by atoms with Crippen molar-refractivity contribution in [3.8, 4) is 0 Å². The number of pyridine rings is 1. The number of urea groups is 1. The summed E-state index contributed by atoms with van der Waals surface area (Å²) in [7, 11) is -5.58. The van der Waals surface area contributed by atoms with Crippen LogP contribution >= 0.6 is 11.6 Å². The summed E-state index contributed by atoms with van der Waals surface area (Å²) < 4.78 is 61.6. The minimum Gasteiger partial charge on any atom is -0.325 e. The molecule has 1 aromatic heterocycles. The van der Waals surface area contributed by atoms with Gasteiger partial charge in [0.15, 0.2) is 0 Å². The number of hydrogen-bond acceptors (Lipinski definition) is 6. The van der Waals surface area contributed by atoms with Gasteiger partial charge in [-0.05, 0) is 60.2 Å². The average molecular weight is 567 g/mol. The largest absolute Gasteiger partial charge is 0.501 e. The molecule has 4 rings (SSSR count). The van der Waals surface area contributed by atoms with Crippen molar-refractivity contribution in [2.24, 2.45) is 0 Å². The van der Waals surface area contributed by atoms with Gasteiger partial charge in [0.05, 0.1) is 10.6 Å². The molecular weight excluding hydrogens is 549 g/mol. The Morgan fingerprint density at radius 3 is 2.42 bits per heavy atom. The van der Waals surface area contributed by atoms with Crippen molar-refractivity contribution in [1.82, 2.24) is 10.3 Å². The number of anilines is 2. The Hall–Kier alpha value is -3.97. The topological polar surface area (TPSA) is 126 Å². The lowest BCUT2D eigenvalue weighted by atomic mass is 9.94. The Kier molecular flexibility index (Phi) is 7.17. The van der Waals surface area contributed by atoms with Crippen molar-refractivity contribution in [3.63, 3.8) is 0 Å². The average Bonchev–Trinajstić information content (AvgIpc) is 3.16. The van der Waals surface area contributed by atoms with E-state index in [9.17, 15) is 36.0 Å². The molecule has 2 N–H and O–H groups in total. The first-order chi connectivity index (χ1) is 17.8. The molecule has 1 aliphatic heterocycles. The maximum atomic E-state index is 13.1. The van der Waals surface area contributed by atoms with E-state index in [0.717, 1.165) is 12.1 Å². The van der Waals surface area contributed by atoms with Crippen molar-refractivity contribution in [2.75, 3.05) is 10.2 Å². The Morgan fingerprint density at radius 2 is 1.79 bits per heavy atom. The summed E-state index contributed by atoms with van der Waals surface area (Å²) in [6, 6.07) is 10.8. The maximum absolute atomic E-state index is 13.1. The lowest BCUT2D eigenvalue weighted by Gasteiger charge is -2.19. The van der Waals surface area contributed by atoms with Gasteiger partial charge in [-0.15, -0.1) is 0 Å². The highest BCUT2D eigenvalue weighted by atomic mass is 35.5. The van der Waals surface area contributed by atoms with Crippen LogP contribution in [0.15, 0.2) is 71.8 Å². The summed E-state index contributed by atoms with van der Waals surface area (Å²) in [5.41, 5.74) is -4.74. The predicted molar refractivity (Wildman–Crippen MR) is 132 cm³/mol. The summed E-state index contributed by atoms with van der Waals surface area (Å²) in [5.74, 6) is -1.58. The quantitative estimate of drug-likeness (QED) is 0.423. The summed E-state index contributed by atoms with van der Waals surface area (Å²) in [5, 5.41) is 5.54. The molecule has 2 unspecified atom stereocenters. The third-order valence-electron chi connectivity index (χ3n) is 5.82. The van der Waals surface area contributed by atoms with E-state index in [-0.39, 0.29) is 11.5 Å². The number of carbonyl (C=O) groups is 3. The molecule has 38 heavy (non-hydrogen) atoms. The van der Waals surface area contributed by atoms with E-state index < -0.39 is 50.0 Å². The molecule has 0 saturated carbocycles. The van der Waals surface area contributed by atoms with Crippen LogP contribution in [0.4, 0.5) is 29.5 Å². The molecule has 2 heterocycles. The van der Waals surface area contributed by atoms with E-state index in [0.29, 0.717) is 33.2 Å². The SMILES string of the molecule is CC(c1ccnc(NC(=O)c2cccc(Cl)c2)c1)C1NC(=O)N(c2ccc(S(=O)(=O)C(F)(F)F)cc2)C1=O. The van der Waals surface area contributed by atoms with Crippen LogP contribution in [-0.4, -0.2) is 42.8 Å². The molecule has 1 fully saturated rings. The van der Waals surface area contributed by atoms with Crippen molar-refractivity contribution >= 4 is 50.8 Å². The fraction of sp³-hybridized carbons (Fsp3) is 0.167. The van der Waals surface area contributed by atoms with Gasteiger partial charge >= 0.3 is 11.5 Å². The second-order valence-corrected chi connectivity index (χ2v) is 10.6. The first kappa shape index (κ1) is 27.1. The number of alkyl halides is 3. The van der Waals surface area contributed by atoms with Crippen molar-refractivity contribution in [3.05, 3.63) is 83.0 Å². The molecule has 0 spiro atoms. The number of sulfone groups is 1. The number of amides is 4. The zero-order valence-electron chi connectivity index (χ0n) is 19.4. The zero-order chi connectivity index (χ0) is 27.8. The molecule has 14 heteroatoms. The van der Waals surface area contributed by atoms with E-state index in [1.807, 2.05) is 0 Å². The summed E-state index contributed by atoms with van der Waals surface area (Å²) >= 11 is 5.92. The molecule has 0 radical (unpaired) electrons. The first-order valence-electron chi connectivity index (χ1n) is 10.9. The van der Waals surface area contributed by atoms with Gasteiger partial charge in [-0.3, -0.25) is 9.59 Å². The monoisotopic (exact) mass is 566 g/mol. The lowest BCUT2D eigenvalue weighted by molar-refractivity contribution is -0.118. The lowest BCUT2D eigenvalue weighted by Crippen LogP contribution is -2.35. The first-order valence-corrected chi connectivity index (χ1v) is 12.7. The Labute approximate surface area is 219 Å². The van der Waals surface area contributed by atoms with E-state index in [2.05, 4.69) is 15.6 Å². The Morgan fingerprint density at radius 1 is 1.11 bits per heavy atom. The molecule has 198 valence electrons. The van der Waals surface area contributed by atoms with Gasteiger partial charge in [-0.25, -0.2) is 23.1 Å². The van der Waals surface area contributed by atoms with E-state index in [4.69, 9.17) is 11.6 Å². The van der Waals surface area contributed by atoms with Crippen molar-refractivity contribution < 1.29 is 36.0 Å². The van der Waals surface area contributed by atoms with Gasteiger partial charge < -0.3 is 10.6 Å². The molecule has 0 aliphatic carbocycles. The van der Waals surface area contributed by atoms with Gasteiger partial charge in [0.25, 0.3) is 21.7 Å². The minimum atomic E-state index is -5.58. The third-order valence-corrected chi connectivity index (χ3v) is 7.55. The standard InChI is InChI=1S/C24H18ClF3N4O5S/c1-13(14-9-10-29-19(12-14)30-21(33)15-3-2-4-16(25)11-15)20-22(34)32(23(35)31-20)17-5-7-18(8-6-17)38(36,37)24(26,27)28/h2-13,20H,1H3,(H,31,35)(H,29,30,33). The van der Waals surface area contributed by atoms with E-state index >= 15 is 0 Å². The van der Waals surface area contributed by atoms with Crippen LogP contribution in [0.1, 0.15) is 28.8 Å². The van der Waals surface area contributed by atoms with Crippen LogP contribution in [0, 0.1) is 0 Å². The fourth-order valence-electron chi connectivity index (χ4n) is 3.80. The number of nitrogens with one attached hydrogen (secondary N) is 2. The molecule has 4 amide bonds. The van der Waals surface area contributed by atoms with Crippen LogP contribution in [0.2, 0.25) is 5.02 Å². The molecule has 1 saturated heterocycles. The number of aromatic nitrogens is 1. The normalized spacial score (nSPS) is 16.8. The molecule has 3 aromatic rings. The number of halogens is 4. The van der Waals surface area contributed by atoms with Crippen LogP contribution in [0.5, 0.6) is 0 Å². The van der Waals surface area contributed by atoms with Crippen LogP contribution in [-0.2, 0) is 14.6 Å². The molecule has 2 atom stereocenters. The predicted octanol–water partition coefficient (Wildman–Crippen LogP) is 4.51. The number of nitrogens with zero attached hydrogens (tertiary/aromatic N) is 2. The molecule has 1 aliphatic rings. The van der Waals surface area contributed by atoms with Gasteiger partial charge in [-0.1, -0.05) is 24.6 Å². The van der Waals surface area contributed by atoms with Crippen molar-refractivity contribution in [1.29, 1.82) is 0 Å². The summed E-state index contributed by atoms with van der Waals surface area (Å²) in [6.07, 6.45) is 1.41. The van der Waals surface area contributed by atoms with E-state index in [1.165, 1.54) is 18.3 Å². The van der Waals surface area contributed by atoms with Crippen LogP contribution in [0.25, 0.3) is 0 Å². The van der Waals surface area contributed by atoms with Gasteiger partial charge in [-0.2, -0.15) is 13.2 Å². The number of rotatable bonds is 6. The second-order valence-electron chi connectivity index (χ2n) is 8.27. The number of carbonyl (C=O) groups excluding carboxylic acids is 3. The molecule has 0 bridgehead atoms. The number of benzene rings is 2. The third kappa shape index (κ3) is 5.20. The highest BCUT2D eigenvalue weighted by Gasteiger charge is 2.47. The smallest absolute Gasteiger partial charge is 0.325 e. The molecular formula is C24H18ClF3N4O5S. The van der Waals surface area contributed by atoms with Crippen LogP contribution < -0.4 is 15.5 Å². The van der Waals surface area contributed by atoms with Gasteiger partial charge in [0.1, 0.15) is 11.9 Å². The van der Waals surface area contributed by atoms with Crippen molar-refractivity contribution in [2.45, 2.75) is 29.3 Å². The highest BCUT2D eigenvalue weighted by Crippen LogP contribution is 2.33. The highest BCUT2D eigenvalue weighted by molar-refractivity contribution is 7.92. The Balaban J connectivity index is 1.51. The Bertz CT molecular complexity index is 1530. The number of hydrogen-bond donors (Lipinski definition) is 2.